The first kappa shape index (κ1) is 13.5. The van der Waals surface area contributed by atoms with Gasteiger partial charge in [0.25, 0.3) is 0 Å². The maximum atomic E-state index is 6.00. The van der Waals surface area contributed by atoms with Gasteiger partial charge in [-0.3, -0.25) is 0 Å². The van der Waals surface area contributed by atoms with E-state index in [1.807, 2.05) is 12.1 Å². The van der Waals surface area contributed by atoms with Crippen LogP contribution in [0.1, 0.15) is 18.1 Å². The normalized spacial score (nSPS) is 10.4. The van der Waals surface area contributed by atoms with Gasteiger partial charge in [-0.25, -0.2) is 0 Å². The van der Waals surface area contributed by atoms with Gasteiger partial charge in [0.2, 0.25) is 0 Å². The third-order valence-corrected chi connectivity index (χ3v) is 3.54. The van der Waals surface area contributed by atoms with Crippen molar-refractivity contribution in [2.24, 2.45) is 0 Å². The number of hydrogen-bond donors (Lipinski definition) is 1. The van der Waals surface area contributed by atoms with E-state index in [4.69, 9.17) is 5.73 Å². The molecule has 2 nitrogen and oxygen atoms in total. The highest BCUT2D eigenvalue weighted by Gasteiger charge is 2.07. The summed E-state index contributed by atoms with van der Waals surface area (Å²) in [6.45, 7) is 6.36. The zero-order chi connectivity index (χ0) is 13.7. The SMILES string of the molecule is CCN(CCc1ccccc1N)c1ccccc1C. The first-order valence-corrected chi connectivity index (χ1v) is 6.86. The highest BCUT2D eigenvalue weighted by atomic mass is 15.1. The third-order valence-electron chi connectivity index (χ3n) is 3.54. The first-order valence-electron chi connectivity index (χ1n) is 6.86. The summed E-state index contributed by atoms with van der Waals surface area (Å²) in [7, 11) is 0. The number of nitrogens with zero attached hydrogens (tertiary/aromatic N) is 1. The smallest absolute Gasteiger partial charge is 0.0395 e. The number of benzene rings is 2. The van der Waals surface area contributed by atoms with Crippen molar-refractivity contribution in [1.29, 1.82) is 0 Å². The van der Waals surface area contributed by atoms with Crippen LogP contribution in [-0.2, 0) is 6.42 Å². The molecule has 2 N–H and O–H groups in total. The number of nitrogens with two attached hydrogens (primary N) is 1. The fraction of sp³-hybridized carbons (Fsp3) is 0.294. The summed E-state index contributed by atoms with van der Waals surface area (Å²) >= 11 is 0. The molecule has 0 atom stereocenters. The van der Waals surface area contributed by atoms with E-state index in [0.717, 1.165) is 25.2 Å². The summed E-state index contributed by atoms with van der Waals surface area (Å²) in [5.41, 5.74) is 10.8. The van der Waals surface area contributed by atoms with Gasteiger partial charge in [-0.05, 0) is 43.5 Å². The number of likely N-dealkylation sites (N-methyl/N-ethyl adjacent to an activating group) is 1. The van der Waals surface area contributed by atoms with Gasteiger partial charge in [0.15, 0.2) is 0 Å². The van der Waals surface area contributed by atoms with Crippen LogP contribution in [-0.4, -0.2) is 13.1 Å². The number of rotatable bonds is 5. The Hall–Kier alpha value is -1.96. The molecule has 0 saturated carbocycles. The molecule has 100 valence electrons. The van der Waals surface area contributed by atoms with Crippen molar-refractivity contribution in [3.05, 3.63) is 59.7 Å². The number of anilines is 2. The van der Waals surface area contributed by atoms with E-state index in [0.29, 0.717) is 0 Å². The summed E-state index contributed by atoms with van der Waals surface area (Å²) in [5.74, 6) is 0. The molecule has 2 aromatic carbocycles. The number of nitrogen functional groups attached to an aromatic ring is 1. The zero-order valence-corrected chi connectivity index (χ0v) is 11.8. The third kappa shape index (κ3) is 3.28. The molecule has 0 saturated heterocycles. The zero-order valence-electron chi connectivity index (χ0n) is 11.8. The van der Waals surface area contributed by atoms with Crippen LogP contribution in [0.2, 0.25) is 0 Å². The van der Waals surface area contributed by atoms with E-state index in [-0.39, 0.29) is 0 Å². The number of para-hydroxylation sites is 2. The van der Waals surface area contributed by atoms with E-state index in [2.05, 4.69) is 55.1 Å². The van der Waals surface area contributed by atoms with Gasteiger partial charge in [-0.15, -0.1) is 0 Å². The van der Waals surface area contributed by atoms with Gasteiger partial charge in [-0.2, -0.15) is 0 Å². The van der Waals surface area contributed by atoms with Crippen LogP contribution in [0.5, 0.6) is 0 Å². The molecule has 0 fully saturated rings. The van der Waals surface area contributed by atoms with Gasteiger partial charge in [0, 0.05) is 24.5 Å². The van der Waals surface area contributed by atoms with Crippen molar-refractivity contribution < 1.29 is 0 Å². The molecule has 0 unspecified atom stereocenters. The highest BCUT2D eigenvalue weighted by Crippen LogP contribution is 2.20. The van der Waals surface area contributed by atoms with Crippen molar-refractivity contribution in [3.63, 3.8) is 0 Å². The maximum Gasteiger partial charge on any atom is 0.0395 e. The fourth-order valence-electron chi connectivity index (χ4n) is 2.38. The second-order valence-corrected chi connectivity index (χ2v) is 4.81. The first-order chi connectivity index (χ1) is 9.22. The van der Waals surface area contributed by atoms with Crippen molar-refractivity contribution in [1.82, 2.24) is 0 Å². The Kier molecular flexibility index (Phi) is 4.45. The Labute approximate surface area is 115 Å². The lowest BCUT2D eigenvalue weighted by molar-refractivity contribution is 0.807. The Balaban J connectivity index is 2.09. The molecular weight excluding hydrogens is 232 g/mol. The fourth-order valence-corrected chi connectivity index (χ4v) is 2.38. The van der Waals surface area contributed by atoms with Crippen molar-refractivity contribution in [2.45, 2.75) is 20.3 Å². The van der Waals surface area contributed by atoms with Crippen molar-refractivity contribution in [3.8, 4) is 0 Å². The summed E-state index contributed by atoms with van der Waals surface area (Å²) in [4.78, 5) is 2.40. The summed E-state index contributed by atoms with van der Waals surface area (Å²) in [6, 6.07) is 16.7. The predicted molar refractivity (Wildman–Crippen MR) is 83.6 cm³/mol. The molecule has 0 bridgehead atoms. The second kappa shape index (κ2) is 6.28. The molecule has 0 radical (unpaired) electrons. The van der Waals surface area contributed by atoms with Crippen LogP contribution in [0.4, 0.5) is 11.4 Å². The summed E-state index contributed by atoms with van der Waals surface area (Å²) in [5, 5.41) is 0. The molecule has 0 aliphatic carbocycles. The Morgan fingerprint density at radius 3 is 2.37 bits per heavy atom. The second-order valence-electron chi connectivity index (χ2n) is 4.81. The van der Waals surface area contributed by atoms with Crippen LogP contribution in [0.3, 0.4) is 0 Å². The molecule has 19 heavy (non-hydrogen) atoms. The predicted octanol–water partition coefficient (Wildman–Crippen LogP) is 3.65. The van der Waals surface area contributed by atoms with E-state index in [1.54, 1.807) is 0 Å². The van der Waals surface area contributed by atoms with Crippen LogP contribution in [0.15, 0.2) is 48.5 Å². The van der Waals surface area contributed by atoms with E-state index in [9.17, 15) is 0 Å². The molecule has 0 spiro atoms. The minimum absolute atomic E-state index is 0.892. The molecule has 2 heteroatoms. The largest absolute Gasteiger partial charge is 0.399 e. The monoisotopic (exact) mass is 254 g/mol. The average molecular weight is 254 g/mol. The average Bonchev–Trinajstić information content (AvgIpc) is 2.43. The molecule has 0 amide bonds. The maximum absolute atomic E-state index is 6.00. The molecule has 0 aliphatic rings. The molecule has 2 rings (SSSR count). The van der Waals surface area contributed by atoms with Gasteiger partial charge in [0.05, 0.1) is 0 Å². The summed E-state index contributed by atoms with van der Waals surface area (Å²) < 4.78 is 0. The topological polar surface area (TPSA) is 29.3 Å². The molecule has 0 aromatic heterocycles. The van der Waals surface area contributed by atoms with E-state index >= 15 is 0 Å². The van der Waals surface area contributed by atoms with Crippen LogP contribution in [0.25, 0.3) is 0 Å². The number of aryl methyl sites for hydroxylation is 1. The molecule has 0 aliphatic heterocycles. The van der Waals surface area contributed by atoms with Crippen LogP contribution >= 0.6 is 0 Å². The Bertz CT molecular complexity index is 534. The lowest BCUT2D eigenvalue weighted by Gasteiger charge is -2.25. The van der Waals surface area contributed by atoms with Gasteiger partial charge in [-0.1, -0.05) is 36.4 Å². The lowest BCUT2D eigenvalue weighted by atomic mass is 10.1. The lowest BCUT2D eigenvalue weighted by Crippen LogP contribution is -2.26. The van der Waals surface area contributed by atoms with E-state index < -0.39 is 0 Å². The number of hydrogen-bond acceptors (Lipinski definition) is 2. The summed E-state index contributed by atoms with van der Waals surface area (Å²) in [6.07, 6.45) is 0.981. The standard InChI is InChI=1S/C17H22N2/c1-3-19(17-11-7-4-8-14(17)2)13-12-15-9-5-6-10-16(15)18/h4-11H,3,12-13,18H2,1-2H3. The molecular formula is C17H22N2. The molecule has 0 heterocycles. The minimum atomic E-state index is 0.892. The van der Waals surface area contributed by atoms with Gasteiger partial charge >= 0.3 is 0 Å². The minimum Gasteiger partial charge on any atom is -0.399 e. The van der Waals surface area contributed by atoms with Crippen LogP contribution in [0, 0.1) is 6.92 Å². The Morgan fingerprint density at radius 2 is 1.68 bits per heavy atom. The van der Waals surface area contributed by atoms with Gasteiger partial charge in [0.1, 0.15) is 0 Å². The molecule has 2 aromatic rings. The van der Waals surface area contributed by atoms with Crippen molar-refractivity contribution >= 4 is 11.4 Å². The Morgan fingerprint density at radius 1 is 1.00 bits per heavy atom. The quantitative estimate of drug-likeness (QED) is 0.825. The van der Waals surface area contributed by atoms with E-state index in [1.165, 1.54) is 16.8 Å². The van der Waals surface area contributed by atoms with Crippen LogP contribution < -0.4 is 10.6 Å². The van der Waals surface area contributed by atoms with Gasteiger partial charge < -0.3 is 10.6 Å². The van der Waals surface area contributed by atoms with Crippen molar-refractivity contribution in [2.75, 3.05) is 23.7 Å². The highest BCUT2D eigenvalue weighted by molar-refractivity contribution is 5.53.